The molecule has 0 heterocycles. The molecule has 0 spiro atoms. The molecule has 0 fully saturated rings. The van der Waals surface area contributed by atoms with Gasteiger partial charge in [-0.3, -0.25) is 0 Å². The van der Waals surface area contributed by atoms with E-state index in [1.165, 1.54) is 54.8 Å². The number of hydrogen-bond acceptors (Lipinski definition) is 2. The van der Waals surface area contributed by atoms with Crippen molar-refractivity contribution in [2.24, 2.45) is 0 Å². The van der Waals surface area contributed by atoms with Gasteiger partial charge in [0.1, 0.15) is 0 Å². The van der Waals surface area contributed by atoms with Crippen LogP contribution in [0.1, 0.15) is 17.5 Å². The van der Waals surface area contributed by atoms with Crippen LogP contribution < -0.4 is 10.2 Å². The van der Waals surface area contributed by atoms with Gasteiger partial charge in [0.25, 0.3) is 0 Å². The molecule has 2 heteroatoms. The second-order valence-corrected chi connectivity index (χ2v) is 12.3. The van der Waals surface area contributed by atoms with Crippen LogP contribution in [0, 0.1) is 0 Å². The van der Waals surface area contributed by atoms with E-state index >= 15 is 0 Å². The van der Waals surface area contributed by atoms with Crippen molar-refractivity contribution in [3.63, 3.8) is 0 Å². The van der Waals surface area contributed by atoms with Gasteiger partial charge in [-0.1, -0.05) is 146 Å². The number of allylic oxidation sites excluding steroid dienone is 7. The maximum Gasteiger partial charge on any atom is 0.0543 e. The zero-order valence-corrected chi connectivity index (χ0v) is 27.3. The molecule has 1 aliphatic carbocycles. The molecule has 1 aliphatic rings. The van der Waals surface area contributed by atoms with Gasteiger partial charge in [0.05, 0.1) is 5.69 Å². The molecule has 0 amide bonds. The Bertz CT molecular complexity index is 2440. The number of para-hydroxylation sites is 1. The van der Waals surface area contributed by atoms with Crippen LogP contribution in [0.3, 0.4) is 0 Å². The number of hydrogen-bond donors (Lipinski definition) is 1. The number of nitrogens with zero attached hydrogens (tertiary/aromatic N) is 1. The lowest BCUT2D eigenvalue weighted by Gasteiger charge is -2.29. The van der Waals surface area contributed by atoms with Crippen LogP contribution >= 0.6 is 0 Å². The van der Waals surface area contributed by atoms with E-state index in [0.29, 0.717) is 0 Å². The van der Waals surface area contributed by atoms with Gasteiger partial charge in [-0.25, -0.2) is 0 Å². The van der Waals surface area contributed by atoms with E-state index in [1.807, 2.05) is 12.2 Å². The summed E-state index contributed by atoms with van der Waals surface area (Å²) in [7, 11) is 0. The van der Waals surface area contributed by atoms with Crippen LogP contribution in [0.5, 0.6) is 0 Å². The van der Waals surface area contributed by atoms with Crippen LogP contribution in [-0.4, -0.2) is 0 Å². The Morgan fingerprint density at radius 1 is 0.612 bits per heavy atom. The van der Waals surface area contributed by atoms with Crippen molar-refractivity contribution in [3.05, 3.63) is 205 Å². The molecule has 49 heavy (non-hydrogen) atoms. The third-order valence-electron chi connectivity index (χ3n) is 9.20. The van der Waals surface area contributed by atoms with Crippen molar-refractivity contribution in [1.29, 1.82) is 0 Å². The van der Waals surface area contributed by atoms with Gasteiger partial charge in [0.15, 0.2) is 0 Å². The first kappa shape index (κ1) is 30.0. The Labute approximate surface area is 288 Å². The zero-order valence-electron chi connectivity index (χ0n) is 27.3. The van der Waals surface area contributed by atoms with Gasteiger partial charge in [-0.2, -0.15) is 0 Å². The third-order valence-corrected chi connectivity index (χ3v) is 9.20. The highest BCUT2D eigenvalue weighted by atomic mass is 15.1. The molecule has 0 bridgehead atoms. The van der Waals surface area contributed by atoms with Gasteiger partial charge in [0, 0.05) is 34.6 Å². The van der Waals surface area contributed by atoms with Crippen LogP contribution in [0.25, 0.3) is 44.0 Å². The monoisotopic (exact) mass is 628 g/mol. The summed E-state index contributed by atoms with van der Waals surface area (Å²) >= 11 is 0. The van der Waals surface area contributed by atoms with Crippen LogP contribution in [0.15, 0.2) is 194 Å². The van der Waals surface area contributed by atoms with Crippen molar-refractivity contribution in [2.45, 2.75) is 6.42 Å². The van der Waals surface area contributed by atoms with Crippen LogP contribution in [0.2, 0.25) is 0 Å². The van der Waals surface area contributed by atoms with E-state index in [1.54, 1.807) is 0 Å². The Kier molecular flexibility index (Phi) is 8.19. The number of benzene rings is 7. The van der Waals surface area contributed by atoms with Gasteiger partial charge in [-0.15, -0.1) is 0 Å². The van der Waals surface area contributed by atoms with E-state index in [4.69, 9.17) is 0 Å². The summed E-state index contributed by atoms with van der Waals surface area (Å²) < 4.78 is 0. The molecule has 0 saturated carbocycles. The summed E-state index contributed by atoms with van der Waals surface area (Å²) in [6, 6.07) is 52.1. The maximum atomic E-state index is 3.86. The predicted octanol–water partition coefficient (Wildman–Crippen LogP) is 13.2. The fraction of sp³-hybridized carbons (Fsp3) is 0.0213. The molecule has 234 valence electrons. The van der Waals surface area contributed by atoms with Gasteiger partial charge in [0.2, 0.25) is 0 Å². The van der Waals surface area contributed by atoms with E-state index in [-0.39, 0.29) is 0 Å². The van der Waals surface area contributed by atoms with Crippen molar-refractivity contribution in [2.75, 3.05) is 10.2 Å². The second-order valence-electron chi connectivity index (χ2n) is 12.3. The number of rotatable bonds is 8. The summed E-state index contributed by atoms with van der Waals surface area (Å²) in [4.78, 5) is 2.42. The normalized spacial score (nSPS) is 13.0. The Morgan fingerprint density at radius 3 is 2.06 bits per heavy atom. The molecular formula is C47H36N2. The minimum absolute atomic E-state index is 0.804. The average molecular weight is 629 g/mol. The molecule has 7 aromatic rings. The summed E-state index contributed by atoms with van der Waals surface area (Å²) in [5.74, 6) is 0. The molecule has 7 aromatic carbocycles. The highest BCUT2D eigenvalue weighted by Gasteiger charge is 2.19. The highest BCUT2D eigenvalue weighted by Crippen LogP contribution is 2.41. The topological polar surface area (TPSA) is 15.3 Å². The lowest BCUT2D eigenvalue weighted by molar-refractivity contribution is 1.09. The number of nitrogens with one attached hydrogen (secondary N) is 1. The fourth-order valence-corrected chi connectivity index (χ4v) is 6.81. The summed E-state index contributed by atoms with van der Waals surface area (Å²) in [6.07, 6.45) is 15.8. The van der Waals surface area contributed by atoms with Gasteiger partial charge >= 0.3 is 0 Å². The summed E-state index contributed by atoms with van der Waals surface area (Å²) in [5, 5.41) is 11.1. The predicted molar refractivity (Wildman–Crippen MR) is 213 cm³/mol. The fourth-order valence-electron chi connectivity index (χ4n) is 6.81. The van der Waals surface area contributed by atoms with Crippen molar-refractivity contribution in [1.82, 2.24) is 0 Å². The first-order valence-electron chi connectivity index (χ1n) is 16.8. The molecule has 0 saturated heterocycles. The maximum absolute atomic E-state index is 3.86. The first-order chi connectivity index (χ1) is 24.2. The Morgan fingerprint density at radius 2 is 1.29 bits per heavy atom. The lowest BCUT2D eigenvalue weighted by atomic mass is 9.99. The molecule has 0 atom stereocenters. The van der Waals surface area contributed by atoms with Gasteiger partial charge in [-0.05, 0) is 92.2 Å². The van der Waals surface area contributed by atoms with E-state index in [0.717, 1.165) is 29.0 Å². The third kappa shape index (κ3) is 6.08. The first-order valence-corrected chi connectivity index (χ1v) is 16.8. The van der Waals surface area contributed by atoms with Crippen LogP contribution in [-0.2, 0) is 0 Å². The standard InChI is InChI=1S/C47H36N2/c1-2-3-14-39-31-36-15-7-8-16-37(36)32-46(39)48-40-28-25-35(26-29-40)34-18-13-21-42(30-27-34)49(41-19-5-4-6-20-41)47-33-38-17-9-10-22-43(38)44-23-11-12-24-45(44)47/h2-20,22-33,48H,1,21H2/b14-3-. The second kappa shape index (κ2) is 13.4. The molecule has 0 radical (unpaired) electrons. The van der Waals surface area contributed by atoms with Crippen molar-refractivity contribution < 1.29 is 0 Å². The Balaban J connectivity index is 1.14. The lowest BCUT2D eigenvalue weighted by Crippen LogP contribution is -2.16. The molecule has 0 aliphatic heterocycles. The van der Waals surface area contributed by atoms with Crippen molar-refractivity contribution in [3.8, 4) is 0 Å². The average Bonchev–Trinajstić information content (AvgIpc) is 3.41. The molecule has 0 unspecified atom stereocenters. The molecule has 2 nitrogen and oxygen atoms in total. The largest absolute Gasteiger partial charge is 0.355 e. The van der Waals surface area contributed by atoms with Crippen molar-refractivity contribution >= 4 is 66.7 Å². The van der Waals surface area contributed by atoms with Crippen LogP contribution in [0.4, 0.5) is 22.7 Å². The highest BCUT2D eigenvalue weighted by molar-refractivity contribution is 6.14. The van der Waals surface area contributed by atoms with E-state index in [2.05, 4.69) is 193 Å². The zero-order chi connectivity index (χ0) is 33.0. The minimum atomic E-state index is 0.804. The summed E-state index contributed by atoms with van der Waals surface area (Å²) in [5.41, 5.74) is 9.12. The summed E-state index contributed by atoms with van der Waals surface area (Å²) in [6.45, 7) is 3.86. The molecule has 8 rings (SSSR count). The molecular weight excluding hydrogens is 593 g/mol. The van der Waals surface area contributed by atoms with E-state index in [9.17, 15) is 0 Å². The van der Waals surface area contributed by atoms with E-state index < -0.39 is 0 Å². The smallest absolute Gasteiger partial charge is 0.0543 e. The molecule has 1 N–H and O–H groups in total. The quantitative estimate of drug-likeness (QED) is 0.133. The van der Waals surface area contributed by atoms with Gasteiger partial charge < -0.3 is 10.2 Å². The SMILES string of the molecule is C=C/C=C\c1cc2ccccc2cc1Nc1ccc(C2=CC=C(N(c3ccccc3)c3cc4ccccc4c4ccccc34)CC=C2)cc1. The molecule has 0 aromatic heterocycles. The number of anilines is 4. The number of fused-ring (bicyclic) bond motifs is 4. The Hall–Kier alpha value is -6.38. The minimum Gasteiger partial charge on any atom is -0.355 e.